The molecule has 170 valence electrons. The van der Waals surface area contributed by atoms with E-state index < -0.39 is 24.0 Å². The molecule has 2 aromatic carbocycles. The van der Waals surface area contributed by atoms with Crippen LogP contribution in [0, 0.1) is 0 Å². The van der Waals surface area contributed by atoms with Crippen LogP contribution in [0.3, 0.4) is 0 Å². The van der Waals surface area contributed by atoms with Gasteiger partial charge in [0.25, 0.3) is 0 Å². The van der Waals surface area contributed by atoms with Gasteiger partial charge in [0, 0.05) is 12.1 Å². The number of hydrogen-bond donors (Lipinski definition) is 3. The van der Waals surface area contributed by atoms with Gasteiger partial charge in [0.1, 0.15) is 19.2 Å². The number of nitrogens with zero attached hydrogens (tertiary/aromatic N) is 2. The Morgan fingerprint density at radius 2 is 1.73 bits per heavy atom. The zero-order chi connectivity index (χ0) is 23.4. The average Bonchev–Trinajstić information content (AvgIpc) is 3.37. The summed E-state index contributed by atoms with van der Waals surface area (Å²) in [5, 5.41) is 18.1. The molecule has 0 saturated heterocycles. The number of carboxylic acid groups (broad SMARTS) is 1. The number of ether oxygens (including phenoxy) is 1. The molecule has 33 heavy (non-hydrogen) atoms. The largest absolute Gasteiger partial charge is 0.480 e. The Bertz CT molecular complexity index is 1140. The van der Waals surface area contributed by atoms with Gasteiger partial charge in [0.05, 0.1) is 11.9 Å². The lowest BCUT2D eigenvalue weighted by Crippen LogP contribution is -2.41. The van der Waals surface area contributed by atoms with Gasteiger partial charge in [-0.05, 0) is 28.7 Å². The molecule has 1 aliphatic rings. The summed E-state index contributed by atoms with van der Waals surface area (Å²) >= 11 is 0. The fourth-order valence-corrected chi connectivity index (χ4v) is 3.99. The predicted molar refractivity (Wildman–Crippen MR) is 121 cm³/mol. The molecule has 0 unspecified atom stereocenters. The maximum Gasteiger partial charge on any atom is 0.411 e. The molecule has 4 rings (SSSR count). The second-order valence-electron chi connectivity index (χ2n) is 7.74. The standard InChI is InChI=1S/C24H24N4O5/c1-2-21(23(30)31)27-22(29)13-28-12-15(11-25-28)26-24(32)33-14-20-18-9-5-3-7-16(18)17-8-4-6-10-19(17)20/h3-12,20-21H,2,13-14H2,1H3,(H,26,32)(H,27,29)(H,30,31)/t21-/m0/s1. The highest BCUT2D eigenvalue weighted by Gasteiger charge is 2.29. The van der Waals surface area contributed by atoms with Crippen molar-refractivity contribution < 1.29 is 24.2 Å². The fourth-order valence-electron chi connectivity index (χ4n) is 3.99. The van der Waals surface area contributed by atoms with E-state index in [4.69, 9.17) is 9.84 Å². The van der Waals surface area contributed by atoms with E-state index in [-0.39, 0.29) is 25.5 Å². The summed E-state index contributed by atoms with van der Waals surface area (Å²) in [6, 6.07) is 15.2. The first-order valence-electron chi connectivity index (χ1n) is 10.6. The Morgan fingerprint density at radius 1 is 1.09 bits per heavy atom. The van der Waals surface area contributed by atoms with Crippen LogP contribution in [0.25, 0.3) is 11.1 Å². The van der Waals surface area contributed by atoms with Gasteiger partial charge in [-0.15, -0.1) is 0 Å². The highest BCUT2D eigenvalue weighted by Crippen LogP contribution is 2.44. The molecule has 1 heterocycles. The lowest BCUT2D eigenvalue weighted by molar-refractivity contribution is -0.142. The van der Waals surface area contributed by atoms with Gasteiger partial charge in [-0.3, -0.25) is 14.8 Å². The van der Waals surface area contributed by atoms with Gasteiger partial charge in [-0.1, -0.05) is 55.5 Å². The SMILES string of the molecule is CC[C@H](NC(=O)Cn1cc(NC(=O)OCC2c3ccccc3-c3ccccc32)cn1)C(=O)O. The van der Waals surface area contributed by atoms with Crippen LogP contribution in [0.5, 0.6) is 0 Å². The lowest BCUT2D eigenvalue weighted by atomic mass is 9.98. The van der Waals surface area contributed by atoms with Gasteiger partial charge < -0.3 is 15.2 Å². The van der Waals surface area contributed by atoms with Crippen molar-refractivity contribution in [2.45, 2.75) is 31.8 Å². The van der Waals surface area contributed by atoms with Crippen molar-refractivity contribution in [3.8, 4) is 11.1 Å². The average molecular weight is 448 g/mol. The second-order valence-corrected chi connectivity index (χ2v) is 7.74. The fraction of sp³-hybridized carbons (Fsp3) is 0.250. The van der Waals surface area contributed by atoms with E-state index in [9.17, 15) is 14.4 Å². The van der Waals surface area contributed by atoms with E-state index in [0.29, 0.717) is 5.69 Å². The number of fused-ring (bicyclic) bond motifs is 3. The van der Waals surface area contributed by atoms with Gasteiger partial charge in [-0.2, -0.15) is 5.10 Å². The van der Waals surface area contributed by atoms with E-state index in [1.54, 1.807) is 6.92 Å². The summed E-state index contributed by atoms with van der Waals surface area (Å²) in [4.78, 5) is 35.4. The molecule has 1 atom stereocenters. The molecule has 2 amide bonds. The van der Waals surface area contributed by atoms with Crippen molar-refractivity contribution in [1.82, 2.24) is 15.1 Å². The molecule has 3 N–H and O–H groups in total. The van der Waals surface area contributed by atoms with Crippen LogP contribution >= 0.6 is 0 Å². The first kappa shape index (κ1) is 22.1. The summed E-state index contributed by atoms with van der Waals surface area (Å²) in [7, 11) is 0. The van der Waals surface area contributed by atoms with Crippen LogP contribution in [0.15, 0.2) is 60.9 Å². The smallest absolute Gasteiger partial charge is 0.411 e. The minimum Gasteiger partial charge on any atom is -0.480 e. The zero-order valence-electron chi connectivity index (χ0n) is 18.0. The lowest BCUT2D eigenvalue weighted by Gasteiger charge is -2.14. The first-order chi connectivity index (χ1) is 16.0. The molecule has 1 aliphatic carbocycles. The van der Waals surface area contributed by atoms with Crippen LogP contribution in [0.1, 0.15) is 30.4 Å². The van der Waals surface area contributed by atoms with E-state index >= 15 is 0 Å². The van der Waals surface area contributed by atoms with Crippen molar-refractivity contribution in [3.05, 3.63) is 72.1 Å². The monoisotopic (exact) mass is 448 g/mol. The number of rotatable bonds is 8. The van der Waals surface area contributed by atoms with Gasteiger partial charge in [0.15, 0.2) is 0 Å². The zero-order valence-corrected chi connectivity index (χ0v) is 18.0. The van der Waals surface area contributed by atoms with E-state index in [1.165, 1.54) is 17.1 Å². The molecular weight excluding hydrogens is 424 g/mol. The highest BCUT2D eigenvalue weighted by atomic mass is 16.5. The van der Waals surface area contributed by atoms with E-state index in [2.05, 4.69) is 27.9 Å². The number of carbonyl (C=O) groups is 3. The van der Waals surface area contributed by atoms with E-state index in [1.807, 2.05) is 36.4 Å². The molecule has 1 aromatic heterocycles. The number of hydrogen-bond acceptors (Lipinski definition) is 5. The number of amides is 2. The molecule has 0 saturated carbocycles. The Balaban J connectivity index is 1.33. The summed E-state index contributed by atoms with van der Waals surface area (Å²) in [6.07, 6.45) is 2.51. The third-order valence-corrected chi connectivity index (χ3v) is 5.57. The van der Waals surface area contributed by atoms with Gasteiger partial charge in [0.2, 0.25) is 5.91 Å². The number of aromatic nitrogens is 2. The van der Waals surface area contributed by atoms with Crippen LogP contribution in [-0.2, 0) is 20.9 Å². The number of aliphatic carboxylic acids is 1. The maximum absolute atomic E-state index is 12.4. The first-order valence-corrected chi connectivity index (χ1v) is 10.6. The predicted octanol–water partition coefficient (Wildman–Crippen LogP) is 3.22. The van der Waals surface area contributed by atoms with E-state index in [0.717, 1.165) is 22.3 Å². The molecular formula is C24H24N4O5. The molecule has 0 bridgehead atoms. The summed E-state index contributed by atoms with van der Waals surface area (Å²) in [6.45, 7) is 1.68. The number of anilines is 1. The Labute approximate surface area is 190 Å². The highest BCUT2D eigenvalue weighted by molar-refractivity contribution is 5.85. The minimum absolute atomic E-state index is 0.0460. The van der Waals surface area contributed by atoms with Crippen LogP contribution < -0.4 is 10.6 Å². The molecule has 9 heteroatoms. The Kier molecular flexibility index (Phi) is 6.39. The topological polar surface area (TPSA) is 123 Å². The van der Waals surface area contributed by atoms with Crippen molar-refractivity contribution in [2.24, 2.45) is 0 Å². The third-order valence-electron chi connectivity index (χ3n) is 5.57. The summed E-state index contributed by atoms with van der Waals surface area (Å²) in [5.41, 5.74) is 4.91. The van der Waals surface area contributed by atoms with Crippen molar-refractivity contribution in [1.29, 1.82) is 0 Å². The second kappa shape index (κ2) is 9.56. The number of carbonyl (C=O) groups excluding carboxylic acids is 2. The molecule has 0 radical (unpaired) electrons. The molecule has 9 nitrogen and oxygen atoms in total. The van der Waals surface area contributed by atoms with Crippen molar-refractivity contribution in [3.63, 3.8) is 0 Å². The minimum atomic E-state index is -1.09. The normalized spacial score (nSPS) is 13.0. The third kappa shape index (κ3) is 4.87. The Morgan fingerprint density at radius 3 is 2.33 bits per heavy atom. The van der Waals surface area contributed by atoms with Crippen molar-refractivity contribution >= 4 is 23.7 Å². The maximum atomic E-state index is 12.4. The Hall–Kier alpha value is -4.14. The van der Waals surface area contributed by atoms with Crippen LogP contribution in [0.2, 0.25) is 0 Å². The molecule has 0 spiro atoms. The summed E-state index contributed by atoms with van der Waals surface area (Å²) < 4.78 is 6.80. The number of benzene rings is 2. The van der Waals surface area contributed by atoms with Crippen molar-refractivity contribution in [2.75, 3.05) is 11.9 Å². The van der Waals surface area contributed by atoms with Gasteiger partial charge in [-0.25, -0.2) is 9.59 Å². The molecule has 0 aliphatic heterocycles. The van der Waals surface area contributed by atoms with Crippen LogP contribution in [-0.4, -0.2) is 45.5 Å². The van der Waals surface area contributed by atoms with Gasteiger partial charge >= 0.3 is 12.1 Å². The van der Waals surface area contributed by atoms with Crippen LogP contribution in [0.4, 0.5) is 10.5 Å². The number of carboxylic acids is 1. The summed E-state index contributed by atoms with van der Waals surface area (Å²) in [5.74, 6) is -1.63. The quantitative estimate of drug-likeness (QED) is 0.486. The number of nitrogens with one attached hydrogen (secondary N) is 2. The molecule has 0 fully saturated rings. The molecule has 3 aromatic rings.